The molecule has 4 heteroatoms. The second kappa shape index (κ2) is 7.18. The lowest BCUT2D eigenvalue weighted by Gasteiger charge is -2.38. The van der Waals surface area contributed by atoms with Gasteiger partial charge in [-0.3, -0.25) is 4.79 Å². The van der Waals surface area contributed by atoms with Crippen molar-refractivity contribution in [2.75, 3.05) is 18.1 Å². The second-order valence-electron chi connectivity index (χ2n) is 5.70. The lowest BCUT2D eigenvalue weighted by molar-refractivity contribution is -0.121. The van der Waals surface area contributed by atoms with Crippen molar-refractivity contribution < 1.29 is 9.53 Å². The van der Waals surface area contributed by atoms with Crippen molar-refractivity contribution in [2.24, 2.45) is 0 Å². The van der Waals surface area contributed by atoms with Crippen molar-refractivity contribution in [2.45, 2.75) is 25.9 Å². The molecule has 2 aromatic rings. The van der Waals surface area contributed by atoms with Crippen LogP contribution in [-0.4, -0.2) is 25.1 Å². The van der Waals surface area contributed by atoms with Crippen LogP contribution in [0.25, 0.3) is 0 Å². The number of hydrogen-bond donors (Lipinski definition) is 1. The third-order valence-electron chi connectivity index (χ3n) is 4.04. The summed E-state index contributed by atoms with van der Waals surface area (Å²) in [6, 6.07) is 18.4. The Morgan fingerprint density at radius 2 is 1.91 bits per heavy atom. The van der Waals surface area contributed by atoms with Crippen molar-refractivity contribution in [3.63, 3.8) is 0 Å². The Bertz CT molecular complexity index is 657. The molecule has 1 heterocycles. The largest absolute Gasteiger partial charge is 0.489 e. The molecule has 1 atom stereocenters. The van der Waals surface area contributed by atoms with Crippen molar-refractivity contribution in [1.29, 1.82) is 0 Å². The van der Waals surface area contributed by atoms with Crippen LogP contribution in [0.4, 0.5) is 5.69 Å². The van der Waals surface area contributed by atoms with Crippen LogP contribution in [0.15, 0.2) is 54.6 Å². The maximum absolute atomic E-state index is 12.0. The van der Waals surface area contributed by atoms with Crippen LogP contribution in [0.1, 0.15) is 18.9 Å². The number of nitrogens with zero attached hydrogens (tertiary/aromatic N) is 1. The second-order valence-corrected chi connectivity index (χ2v) is 5.70. The molecule has 0 radical (unpaired) electrons. The van der Waals surface area contributed by atoms with E-state index >= 15 is 0 Å². The van der Waals surface area contributed by atoms with E-state index in [0.717, 1.165) is 18.0 Å². The summed E-state index contributed by atoms with van der Waals surface area (Å²) in [6.45, 7) is 3.89. The molecule has 3 rings (SSSR count). The zero-order chi connectivity index (χ0) is 16.1. The average molecular weight is 310 g/mol. The van der Waals surface area contributed by atoms with Crippen molar-refractivity contribution in [1.82, 2.24) is 5.32 Å². The molecule has 1 aliphatic rings. The van der Waals surface area contributed by atoms with E-state index in [1.165, 1.54) is 5.56 Å². The first kappa shape index (κ1) is 15.4. The van der Waals surface area contributed by atoms with E-state index in [9.17, 15) is 4.79 Å². The predicted octanol–water partition coefficient (Wildman–Crippen LogP) is 2.98. The highest BCUT2D eigenvalue weighted by atomic mass is 16.5. The summed E-state index contributed by atoms with van der Waals surface area (Å²) in [4.78, 5) is 14.3. The average Bonchev–Trinajstić information content (AvgIpc) is 2.58. The minimum absolute atomic E-state index is 0.0386. The molecular weight excluding hydrogens is 288 g/mol. The SMILES string of the molecule is CCNC(=O)C[C@H]1COc2ccccc2N1Cc1ccccc1. The zero-order valence-corrected chi connectivity index (χ0v) is 13.4. The number of ether oxygens (including phenoxy) is 1. The summed E-state index contributed by atoms with van der Waals surface area (Å²) in [5, 5.41) is 2.88. The van der Waals surface area contributed by atoms with Crippen LogP contribution in [0.5, 0.6) is 5.75 Å². The first-order chi connectivity index (χ1) is 11.3. The van der Waals surface area contributed by atoms with Crippen LogP contribution < -0.4 is 15.0 Å². The molecule has 0 bridgehead atoms. The Hall–Kier alpha value is -2.49. The van der Waals surface area contributed by atoms with Gasteiger partial charge < -0.3 is 15.0 Å². The highest BCUT2D eigenvalue weighted by Crippen LogP contribution is 2.35. The number of nitrogens with one attached hydrogen (secondary N) is 1. The van der Waals surface area contributed by atoms with E-state index in [4.69, 9.17) is 4.74 Å². The molecular formula is C19H22N2O2. The third kappa shape index (κ3) is 3.65. The number of benzene rings is 2. The topological polar surface area (TPSA) is 41.6 Å². The summed E-state index contributed by atoms with van der Waals surface area (Å²) in [7, 11) is 0. The Balaban J connectivity index is 1.85. The molecule has 1 aliphatic heterocycles. The zero-order valence-electron chi connectivity index (χ0n) is 13.4. The van der Waals surface area contributed by atoms with Crippen LogP contribution in [-0.2, 0) is 11.3 Å². The predicted molar refractivity (Wildman–Crippen MR) is 91.7 cm³/mol. The fourth-order valence-electron chi connectivity index (χ4n) is 2.94. The summed E-state index contributed by atoms with van der Waals surface area (Å²) < 4.78 is 5.86. The van der Waals surface area contributed by atoms with Crippen LogP contribution in [0.3, 0.4) is 0 Å². The van der Waals surface area contributed by atoms with Gasteiger partial charge in [-0.15, -0.1) is 0 Å². The fraction of sp³-hybridized carbons (Fsp3) is 0.316. The number of amides is 1. The molecule has 23 heavy (non-hydrogen) atoms. The lowest BCUT2D eigenvalue weighted by Crippen LogP contribution is -2.45. The summed E-state index contributed by atoms with van der Waals surface area (Å²) in [5.74, 6) is 0.953. The fourth-order valence-corrected chi connectivity index (χ4v) is 2.94. The highest BCUT2D eigenvalue weighted by molar-refractivity contribution is 5.77. The van der Waals surface area contributed by atoms with Gasteiger partial charge >= 0.3 is 0 Å². The highest BCUT2D eigenvalue weighted by Gasteiger charge is 2.29. The van der Waals surface area contributed by atoms with Crippen LogP contribution >= 0.6 is 0 Å². The molecule has 1 amide bonds. The van der Waals surface area contributed by atoms with Crippen molar-refractivity contribution in [3.05, 3.63) is 60.2 Å². The molecule has 0 unspecified atom stereocenters. The molecule has 0 fully saturated rings. The first-order valence-corrected chi connectivity index (χ1v) is 8.07. The number of fused-ring (bicyclic) bond motifs is 1. The summed E-state index contributed by atoms with van der Waals surface area (Å²) >= 11 is 0. The quantitative estimate of drug-likeness (QED) is 0.923. The molecule has 0 saturated carbocycles. The van der Waals surface area contributed by atoms with Gasteiger partial charge in [-0.1, -0.05) is 42.5 Å². The van der Waals surface area contributed by atoms with Crippen molar-refractivity contribution >= 4 is 11.6 Å². The van der Waals surface area contributed by atoms with E-state index in [2.05, 4.69) is 28.4 Å². The van der Waals surface area contributed by atoms with Gasteiger partial charge in [0.15, 0.2) is 0 Å². The van der Waals surface area contributed by atoms with Crippen molar-refractivity contribution in [3.8, 4) is 5.75 Å². The maximum Gasteiger partial charge on any atom is 0.222 e. The van der Waals surface area contributed by atoms with E-state index in [1.54, 1.807) is 0 Å². The van der Waals surface area contributed by atoms with Gasteiger partial charge in [0, 0.05) is 13.1 Å². The molecule has 1 N–H and O–H groups in total. The van der Waals surface area contributed by atoms with E-state index in [-0.39, 0.29) is 11.9 Å². The van der Waals surface area contributed by atoms with Gasteiger partial charge in [0.1, 0.15) is 12.4 Å². The van der Waals surface area contributed by atoms with Gasteiger partial charge in [0.05, 0.1) is 18.2 Å². The monoisotopic (exact) mass is 310 g/mol. The van der Waals surface area contributed by atoms with Crippen LogP contribution in [0.2, 0.25) is 0 Å². The third-order valence-corrected chi connectivity index (χ3v) is 4.04. The smallest absolute Gasteiger partial charge is 0.222 e. The van der Waals surface area contributed by atoms with E-state index < -0.39 is 0 Å². The number of carbonyl (C=O) groups excluding carboxylic acids is 1. The number of rotatable bonds is 5. The molecule has 0 spiro atoms. The molecule has 120 valence electrons. The summed E-state index contributed by atoms with van der Waals surface area (Å²) in [6.07, 6.45) is 0.439. The van der Waals surface area contributed by atoms with Gasteiger partial charge in [0.25, 0.3) is 0 Å². The van der Waals surface area contributed by atoms with Gasteiger partial charge in [-0.05, 0) is 24.6 Å². The lowest BCUT2D eigenvalue weighted by atomic mass is 10.1. The molecule has 0 aromatic heterocycles. The number of carbonyl (C=O) groups is 1. The number of anilines is 1. The van der Waals surface area contributed by atoms with Gasteiger partial charge in [0.2, 0.25) is 5.91 Å². The molecule has 2 aromatic carbocycles. The minimum Gasteiger partial charge on any atom is -0.489 e. The standard InChI is InChI=1S/C19H22N2O2/c1-2-20-19(22)12-16-14-23-18-11-7-6-10-17(18)21(16)13-15-8-4-3-5-9-15/h3-11,16H,2,12-14H2,1H3,(H,20,22)/t16-/m0/s1. The maximum atomic E-state index is 12.0. The van der Waals surface area contributed by atoms with Gasteiger partial charge in [-0.2, -0.15) is 0 Å². The van der Waals surface area contributed by atoms with E-state index in [0.29, 0.717) is 19.6 Å². The minimum atomic E-state index is 0.0386. The summed E-state index contributed by atoms with van der Waals surface area (Å²) in [5.41, 5.74) is 2.28. The molecule has 0 saturated heterocycles. The molecule has 4 nitrogen and oxygen atoms in total. The molecule has 0 aliphatic carbocycles. The first-order valence-electron chi connectivity index (χ1n) is 8.07. The number of hydrogen-bond acceptors (Lipinski definition) is 3. The van der Waals surface area contributed by atoms with Crippen LogP contribution in [0, 0.1) is 0 Å². The Morgan fingerprint density at radius 3 is 2.70 bits per heavy atom. The Kier molecular flexibility index (Phi) is 4.81. The normalized spacial score (nSPS) is 16.4. The van der Waals surface area contributed by atoms with E-state index in [1.807, 2.05) is 43.3 Å². The Labute approximate surface area is 137 Å². The number of para-hydroxylation sites is 2. The van der Waals surface area contributed by atoms with Gasteiger partial charge in [-0.25, -0.2) is 0 Å². The Morgan fingerprint density at radius 1 is 1.17 bits per heavy atom.